The number of benzene rings is 2. The van der Waals surface area contributed by atoms with Gasteiger partial charge in [-0.25, -0.2) is 8.42 Å². The lowest BCUT2D eigenvalue weighted by molar-refractivity contribution is -0.133. The highest BCUT2D eigenvalue weighted by Gasteiger charge is 2.16. The van der Waals surface area contributed by atoms with E-state index in [0.29, 0.717) is 5.75 Å². The molecule has 0 bridgehead atoms. The van der Waals surface area contributed by atoms with Crippen molar-refractivity contribution in [2.24, 2.45) is 0 Å². The monoisotopic (exact) mass is 305 g/mol. The Labute approximate surface area is 123 Å². The molecule has 0 unspecified atom stereocenters. The normalized spacial score (nSPS) is 11.1. The fourth-order valence-electron chi connectivity index (χ4n) is 1.61. The van der Waals surface area contributed by atoms with Crippen LogP contribution in [0.3, 0.4) is 0 Å². The van der Waals surface area contributed by atoms with Crippen LogP contribution in [-0.4, -0.2) is 20.9 Å². The Balaban J connectivity index is 1.95. The third-order valence-electron chi connectivity index (χ3n) is 2.71. The molecule has 0 aliphatic rings. The summed E-state index contributed by atoms with van der Waals surface area (Å²) in [6, 6.07) is 14.8. The molecule has 0 amide bonds. The van der Waals surface area contributed by atoms with Crippen molar-refractivity contribution in [2.75, 3.05) is 6.54 Å². The molecule has 2 aromatic carbocycles. The summed E-state index contributed by atoms with van der Waals surface area (Å²) in [4.78, 5) is 11.7. The number of aryl methyl sites for hydroxylation is 1. The van der Waals surface area contributed by atoms with Gasteiger partial charge in [-0.05, 0) is 31.2 Å². The number of hydrogen-bond acceptors (Lipinski definition) is 4. The molecule has 0 spiro atoms. The molecule has 2 rings (SSSR count). The van der Waals surface area contributed by atoms with Gasteiger partial charge in [0.15, 0.2) is 0 Å². The molecule has 0 aliphatic carbocycles. The summed E-state index contributed by atoms with van der Waals surface area (Å²) < 4.78 is 31.2. The number of nitrogens with one attached hydrogen (secondary N) is 1. The Kier molecular flexibility index (Phi) is 4.72. The minimum absolute atomic E-state index is 0.112. The summed E-state index contributed by atoms with van der Waals surface area (Å²) in [6.07, 6.45) is 0. The van der Waals surface area contributed by atoms with Crippen molar-refractivity contribution >= 4 is 16.0 Å². The highest BCUT2D eigenvalue weighted by Crippen LogP contribution is 2.10. The summed E-state index contributed by atoms with van der Waals surface area (Å²) in [5, 5.41) is 0. The zero-order chi connectivity index (χ0) is 15.3. The van der Waals surface area contributed by atoms with Crippen molar-refractivity contribution in [1.29, 1.82) is 0 Å². The molecule has 0 fully saturated rings. The van der Waals surface area contributed by atoms with Crippen LogP contribution in [0, 0.1) is 6.92 Å². The summed E-state index contributed by atoms with van der Waals surface area (Å²) in [6.45, 7) is 1.44. The SMILES string of the molecule is Cc1ccc(S(=O)(=O)NCC(=O)Oc2ccccc2)cc1. The lowest BCUT2D eigenvalue weighted by Gasteiger charge is -2.07. The molecular weight excluding hydrogens is 290 g/mol. The van der Waals surface area contributed by atoms with Crippen molar-refractivity contribution in [3.63, 3.8) is 0 Å². The van der Waals surface area contributed by atoms with Gasteiger partial charge in [0.25, 0.3) is 0 Å². The topological polar surface area (TPSA) is 72.5 Å². The van der Waals surface area contributed by atoms with Crippen LogP contribution in [0.15, 0.2) is 59.5 Å². The second-order valence-corrected chi connectivity index (χ2v) is 6.19. The smallest absolute Gasteiger partial charge is 0.326 e. The number of esters is 1. The lowest BCUT2D eigenvalue weighted by atomic mass is 10.2. The van der Waals surface area contributed by atoms with Crippen LogP contribution in [-0.2, 0) is 14.8 Å². The second kappa shape index (κ2) is 6.51. The van der Waals surface area contributed by atoms with E-state index in [-0.39, 0.29) is 4.90 Å². The molecule has 0 aromatic heterocycles. The molecular formula is C15H15NO4S. The minimum Gasteiger partial charge on any atom is -0.426 e. The maximum absolute atomic E-state index is 12.0. The number of para-hydroxylation sites is 1. The first kappa shape index (κ1) is 15.2. The molecule has 0 atom stereocenters. The summed E-state index contributed by atoms with van der Waals surface area (Å²) in [5.74, 6) is -0.297. The molecule has 0 aliphatic heterocycles. The molecule has 1 N–H and O–H groups in total. The average molecular weight is 305 g/mol. The molecule has 110 valence electrons. The molecule has 2 aromatic rings. The predicted octanol–water partition coefficient (Wildman–Crippen LogP) is 1.88. The van der Waals surface area contributed by atoms with Gasteiger partial charge in [-0.3, -0.25) is 4.79 Å². The van der Waals surface area contributed by atoms with E-state index in [9.17, 15) is 13.2 Å². The van der Waals surface area contributed by atoms with E-state index in [4.69, 9.17) is 4.74 Å². The van der Waals surface area contributed by atoms with Gasteiger partial charge in [-0.2, -0.15) is 4.72 Å². The Bertz CT molecular complexity index is 709. The number of carbonyl (C=O) groups excluding carboxylic acids is 1. The van der Waals surface area contributed by atoms with E-state index in [1.54, 1.807) is 42.5 Å². The molecule has 5 nitrogen and oxygen atoms in total. The third kappa shape index (κ3) is 4.40. The highest BCUT2D eigenvalue weighted by atomic mass is 32.2. The van der Waals surface area contributed by atoms with Gasteiger partial charge < -0.3 is 4.74 Å². The van der Waals surface area contributed by atoms with Crippen LogP contribution in [0.5, 0.6) is 5.75 Å². The maximum Gasteiger partial charge on any atom is 0.326 e. The van der Waals surface area contributed by atoms with Gasteiger partial charge in [0.2, 0.25) is 10.0 Å². The van der Waals surface area contributed by atoms with Crippen LogP contribution in [0.4, 0.5) is 0 Å². The van der Waals surface area contributed by atoms with E-state index < -0.39 is 22.5 Å². The third-order valence-corrected chi connectivity index (χ3v) is 4.13. The average Bonchev–Trinajstić information content (AvgIpc) is 2.47. The summed E-state index contributed by atoms with van der Waals surface area (Å²) >= 11 is 0. The van der Waals surface area contributed by atoms with E-state index in [1.807, 2.05) is 6.92 Å². The number of ether oxygens (including phenoxy) is 1. The minimum atomic E-state index is -3.72. The Morgan fingerprint density at radius 2 is 1.67 bits per heavy atom. The van der Waals surface area contributed by atoms with Gasteiger partial charge in [0.1, 0.15) is 12.3 Å². The fourth-order valence-corrected chi connectivity index (χ4v) is 2.58. The number of sulfonamides is 1. The van der Waals surface area contributed by atoms with Gasteiger partial charge in [0.05, 0.1) is 4.90 Å². The van der Waals surface area contributed by atoms with E-state index in [2.05, 4.69) is 4.72 Å². The van der Waals surface area contributed by atoms with Crippen LogP contribution in [0.1, 0.15) is 5.56 Å². The molecule has 6 heteroatoms. The largest absolute Gasteiger partial charge is 0.426 e. The Morgan fingerprint density at radius 3 is 2.29 bits per heavy atom. The first-order valence-electron chi connectivity index (χ1n) is 6.29. The van der Waals surface area contributed by atoms with Crippen LogP contribution >= 0.6 is 0 Å². The van der Waals surface area contributed by atoms with Crippen molar-refractivity contribution < 1.29 is 17.9 Å². The maximum atomic E-state index is 12.0. The summed E-state index contributed by atoms with van der Waals surface area (Å²) in [7, 11) is -3.72. The Morgan fingerprint density at radius 1 is 1.05 bits per heavy atom. The van der Waals surface area contributed by atoms with Gasteiger partial charge in [-0.1, -0.05) is 35.9 Å². The van der Waals surface area contributed by atoms with Crippen LogP contribution < -0.4 is 9.46 Å². The molecule has 21 heavy (non-hydrogen) atoms. The molecule has 0 heterocycles. The molecule has 0 radical (unpaired) electrons. The first-order valence-corrected chi connectivity index (χ1v) is 7.78. The van der Waals surface area contributed by atoms with Crippen molar-refractivity contribution in [2.45, 2.75) is 11.8 Å². The number of carbonyl (C=O) groups is 1. The first-order chi connectivity index (χ1) is 9.97. The zero-order valence-electron chi connectivity index (χ0n) is 11.4. The molecule has 0 saturated heterocycles. The predicted molar refractivity (Wildman–Crippen MR) is 78.4 cm³/mol. The van der Waals surface area contributed by atoms with Crippen molar-refractivity contribution in [3.05, 3.63) is 60.2 Å². The van der Waals surface area contributed by atoms with Gasteiger partial charge in [0, 0.05) is 0 Å². The molecule has 0 saturated carbocycles. The van der Waals surface area contributed by atoms with E-state index in [1.165, 1.54) is 12.1 Å². The highest BCUT2D eigenvalue weighted by molar-refractivity contribution is 7.89. The van der Waals surface area contributed by atoms with E-state index >= 15 is 0 Å². The quantitative estimate of drug-likeness (QED) is 0.676. The number of hydrogen-bond donors (Lipinski definition) is 1. The van der Waals surface area contributed by atoms with Gasteiger partial charge in [-0.15, -0.1) is 0 Å². The van der Waals surface area contributed by atoms with Crippen LogP contribution in [0.2, 0.25) is 0 Å². The summed E-state index contributed by atoms with van der Waals surface area (Å²) in [5.41, 5.74) is 0.956. The second-order valence-electron chi connectivity index (χ2n) is 4.42. The fraction of sp³-hybridized carbons (Fsp3) is 0.133. The van der Waals surface area contributed by atoms with Gasteiger partial charge >= 0.3 is 5.97 Å². The standard InChI is InChI=1S/C15H15NO4S/c1-12-7-9-14(10-8-12)21(18,19)16-11-15(17)20-13-5-3-2-4-6-13/h2-10,16H,11H2,1H3. The van der Waals surface area contributed by atoms with Crippen molar-refractivity contribution in [1.82, 2.24) is 4.72 Å². The lowest BCUT2D eigenvalue weighted by Crippen LogP contribution is -2.31. The van der Waals surface area contributed by atoms with Crippen molar-refractivity contribution in [3.8, 4) is 5.75 Å². The Hall–Kier alpha value is -2.18. The van der Waals surface area contributed by atoms with E-state index in [0.717, 1.165) is 5.56 Å². The number of rotatable bonds is 5. The van der Waals surface area contributed by atoms with Crippen LogP contribution in [0.25, 0.3) is 0 Å². The zero-order valence-corrected chi connectivity index (χ0v) is 12.3.